The lowest BCUT2D eigenvalue weighted by molar-refractivity contribution is -0.143. The van der Waals surface area contributed by atoms with E-state index in [2.05, 4.69) is 10.4 Å². The van der Waals surface area contributed by atoms with Gasteiger partial charge in [0.05, 0.1) is 5.69 Å². The van der Waals surface area contributed by atoms with Crippen molar-refractivity contribution in [3.8, 4) is 5.69 Å². The van der Waals surface area contributed by atoms with Gasteiger partial charge in [0.15, 0.2) is 0 Å². The predicted octanol–water partition coefficient (Wildman–Crippen LogP) is 2.18. The molecule has 0 saturated carbocycles. The molecule has 0 aliphatic heterocycles. The standard InChI is InChI=1S/C17H18ClN3O4/c1-4-17(3,16(24)25)19-15(23)13-7-8-14(22)21(20-13)11-6-5-10(2)12(18)9-11/h5-9H,4H2,1-3H3,(H,19,23)(H,24,25)/t17-/m1/s1. The van der Waals surface area contributed by atoms with E-state index in [0.717, 1.165) is 10.2 Å². The molecule has 25 heavy (non-hydrogen) atoms. The lowest BCUT2D eigenvalue weighted by Gasteiger charge is -2.24. The topological polar surface area (TPSA) is 101 Å². The number of benzene rings is 1. The summed E-state index contributed by atoms with van der Waals surface area (Å²) >= 11 is 6.07. The van der Waals surface area contributed by atoms with Crippen molar-refractivity contribution in [1.29, 1.82) is 0 Å². The van der Waals surface area contributed by atoms with E-state index in [-0.39, 0.29) is 12.1 Å². The van der Waals surface area contributed by atoms with Crippen molar-refractivity contribution in [2.75, 3.05) is 0 Å². The smallest absolute Gasteiger partial charge is 0.329 e. The molecule has 0 spiro atoms. The Kier molecular flexibility index (Phi) is 5.27. The molecule has 2 rings (SSSR count). The monoisotopic (exact) mass is 363 g/mol. The van der Waals surface area contributed by atoms with Gasteiger partial charge in [-0.05, 0) is 44.0 Å². The normalized spacial score (nSPS) is 13.1. The van der Waals surface area contributed by atoms with E-state index in [1.165, 1.54) is 19.1 Å². The minimum atomic E-state index is -1.42. The molecule has 0 unspecified atom stereocenters. The zero-order valence-electron chi connectivity index (χ0n) is 14.0. The van der Waals surface area contributed by atoms with Crippen LogP contribution >= 0.6 is 11.6 Å². The number of aryl methyl sites for hydroxylation is 1. The molecule has 0 bridgehead atoms. The molecular formula is C17H18ClN3O4. The maximum Gasteiger partial charge on any atom is 0.329 e. The molecule has 8 heteroatoms. The third-order valence-electron chi connectivity index (χ3n) is 4.00. The molecule has 1 amide bonds. The second-order valence-electron chi connectivity index (χ2n) is 5.85. The van der Waals surface area contributed by atoms with E-state index in [9.17, 15) is 19.5 Å². The van der Waals surface area contributed by atoms with Gasteiger partial charge < -0.3 is 10.4 Å². The summed E-state index contributed by atoms with van der Waals surface area (Å²) in [7, 11) is 0. The molecule has 1 aromatic carbocycles. The highest BCUT2D eigenvalue weighted by Crippen LogP contribution is 2.18. The Bertz CT molecular complexity index is 894. The van der Waals surface area contributed by atoms with Crippen LogP contribution in [0.4, 0.5) is 0 Å². The van der Waals surface area contributed by atoms with Gasteiger partial charge in [-0.25, -0.2) is 4.79 Å². The Morgan fingerprint density at radius 1 is 1.32 bits per heavy atom. The summed E-state index contributed by atoms with van der Waals surface area (Å²) in [6, 6.07) is 7.41. The quantitative estimate of drug-likeness (QED) is 0.847. The van der Waals surface area contributed by atoms with Crippen LogP contribution < -0.4 is 10.9 Å². The van der Waals surface area contributed by atoms with Gasteiger partial charge in [0.25, 0.3) is 11.5 Å². The largest absolute Gasteiger partial charge is 0.480 e. The Hall–Kier alpha value is -2.67. The number of amides is 1. The number of aromatic nitrogens is 2. The van der Waals surface area contributed by atoms with Crippen LogP contribution in [-0.4, -0.2) is 32.3 Å². The molecule has 0 fully saturated rings. The van der Waals surface area contributed by atoms with Gasteiger partial charge in [-0.3, -0.25) is 9.59 Å². The van der Waals surface area contributed by atoms with Crippen LogP contribution in [0.25, 0.3) is 5.69 Å². The number of rotatable bonds is 5. The van der Waals surface area contributed by atoms with Gasteiger partial charge in [-0.2, -0.15) is 9.78 Å². The summed E-state index contributed by atoms with van der Waals surface area (Å²) in [5.41, 5.74) is -0.683. The number of carbonyl (C=O) groups excluding carboxylic acids is 1. The Morgan fingerprint density at radius 2 is 2.00 bits per heavy atom. The molecule has 0 saturated heterocycles. The molecule has 2 aromatic rings. The number of carboxylic acids is 1. The lowest BCUT2D eigenvalue weighted by Crippen LogP contribution is -2.52. The van der Waals surface area contributed by atoms with Gasteiger partial charge in [0.1, 0.15) is 11.2 Å². The molecule has 132 valence electrons. The maximum absolute atomic E-state index is 12.4. The summed E-state index contributed by atoms with van der Waals surface area (Å²) in [6.45, 7) is 4.88. The number of aliphatic carboxylic acids is 1. The summed E-state index contributed by atoms with van der Waals surface area (Å²) in [4.78, 5) is 35.8. The Morgan fingerprint density at radius 3 is 2.56 bits per heavy atom. The zero-order chi connectivity index (χ0) is 18.8. The highest BCUT2D eigenvalue weighted by molar-refractivity contribution is 6.31. The van der Waals surface area contributed by atoms with Crippen LogP contribution in [-0.2, 0) is 4.79 Å². The first-order chi connectivity index (χ1) is 11.7. The fraction of sp³-hybridized carbons (Fsp3) is 0.294. The van der Waals surface area contributed by atoms with Crippen molar-refractivity contribution in [1.82, 2.24) is 15.1 Å². The van der Waals surface area contributed by atoms with Crippen molar-refractivity contribution in [2.45, 2.75) is 32.7 Å². The van der Waals surface area contributed by atoms with Crippen LogP contribution in [0, 0.1) is 6.92 Å². The van der Waals surface area contributed by atoms with E-state index in [1.54, 1.807) is 25.1 Å². The van der Waals surface area contributed by atoms with Crippen LogP contribution in [0.2, 0.25) is 5.02 Å². The summed E-state index contributed by atoms with van der Waals surface area (Å²) < 4.78 is 1.05. The number of hydrogen-bond acceptors (Lipinski definition) is 4. The van der Waals surface area contributed by atoms with Gasteiger partial charge in [0.2, 0.25) is 0 Å². The third kappa shape index (κ3) is 3.88. The zero-order valence-corrected chi connectivity index (χ0v) is 14.8. The van der Waals surface area contributed by atoms with Crippen LogP contribution in [0.15, 0.2) is 35.1 Å². The molecule has 7 nitrogen and oxygen atoms in total. The predicted molar refractivity (Wildman–Crippen MR) is 93.4 cm³/mol. The van der Waals surface area contributed by atoms with Crippen LogP contribution in [0.3, 0.4) is 0 Å². The Labute approximate surface area is 149 Å². The number of nitrogens with zero attached hydrogens (tertiary/aromatic N) is 2. The second-order valence-corrected chi connectivity index (χ2v) is 6.25. The SMILES string of the molecule is CC[C@@](C)(NC(=O)c1ccc(=O)n(-c2ccc(C)c(Cl)c2)n1)C(=O)O. The molecule has 2 N–H and O–H groups in total. The van der Waals surface area contributed by atoms with Crippen molar-refractivity contribution >= 4 is 23.5 Å². The van der Waals surface area contributed by atoms with Gasteiger partial charge in [-0.15, -0.1) is 0 Å². The summed E-state index contributed by atoms with van der Waals surface area (Å²) in [5, 5.41) is 16.2. The minimum absolute atomic E-state index is 0.0720. The van der Waals surface area contributed by atoms with Crippen molar-refractivity contribution in [3.63, 3.8) is 0 Å². The Balaban J connectivity index is 2.41. The van der Waals surface area contributed by atoms with E-state index in [1.807, 2.05) is 6.92 Å². The second kappa shape index (κ2) is 7.06. The molecule has 0 aliphatic rings. The molecule has 1 aromatic heterocycles. The molecule has 1 atom stereocenters. The molecule has 1 heterocycles. The number of hydrogen-bond donors (Lipinski definition) is 2. The number of carboxylic acid groups (broad SMARTS) is 1. The fourth-order valence-corrected chi connectivity index (χ4v) is 2.21. The average Bonchev–Trinajstić information content (AvgIpc) is 2.57. The highest BCUT2D eigenvalue weighted by atomic mass is 35.5. The van der Waals surface area contributed by atoms with E-state index in [0.29, 0.717) is 10.7 Å². The summed E-state index contributed by atoms with van der Waals surface area (Å²) in [5.74, 6) is -1.83. The third-order valence-corrected chi connectivity index (χ3v) is 4.41. The minimum Gasteiger partial charge on any atom is -0.480 e. The molecular weight excluding hydrogens is 346 g/mol. The average molecular weight is 364 g/mol. The molecule has 0 radical (unpaired) electrons. The first kappa shape index (κ1) is 18.7. The number of halogens is 1. The van der Waals surface area contributed by atoms with Crippen molar-refractivity contribution in [2.24, 2.45) is 0 Å². The van der Waals surface area contributed by atoms with Crippen molar-refractivity contribution in [3.05, 3.63) is 57.0 Å². The first-order valence-corrected chi connectivity index (χ1v) is 7.98. The van der Waals surface area contributed by atoms with Crippen LogP contribution in [0.1, 0.15) is 36.3 Å². The van der Waals surface area contributed by atoms with Crippen LogP contribution in [0.5, 0.6) is 0 Å². The highest BCUT2D eigenvalue weighted by Gasteiger charge is 2.33. The molecule has 0 aliphatic carbocycles. The van der Waals surface area contributed by atoms with Crippen molar-refractivity contribution < 1.29 is 14.7 Å². The maximum atomic E-state index is 12.4. The first-order valence-electron chi connectivity index (χ1n) is 7.61. The number of carbonyl (C=O) groups is 2. The fourth-order valence-electron chi connectivity index (χ4n) is 2.04. The number of nitrogens with one attached hydrogen (secondary N) is 1. The van der Waals surface area contributed by atoms with E-state index < -0.39 is 23.0 Å². The van der Waals surface area contributed by atoms with Gasteiger partial charge in [0, 0.05) is 11.1 Å². The van der Waals surface area contributed by atoms with E-state index >= 15 is 0 Å². The van der Waals surface area contributed by atoms with Gasteiger partial charge >= 0.3 is 5.97 Å². The van der Waals surface area contributed by atoms with Gasteiger partial charge in [-0.1, -0.05) is 24.6 Å². The van der Waals surface area contributed by atoms with E-state index in [4.69, 9.17) is 11.6 Å². The lowest BCUT2D eigenvalue weighted by atomic mass is 9.99. The summed E-state index contributed by atoms with van der Waals surface area (Å²) in [6.07, 6.45) is 0.196.